The minimum atomic E-state index is -1.62. The molecule has 1 aliphatic heterocycles. The number of carbonyl (C=O) groups excluding carboxylic acids is 8. The molecule has 17 heteroatoms. The molecule has 4 rings (SSSR count). The highest BCUT2D eigenvalue weighted by Crippen LogP contribution is 2.51. The molecule has 0 aromatic heterocycles. The van der Waals surface area contributed by atoms with E-state index in [1.54, 1.807) is 0 Å². The predicted molar refractivity (Wildman–Crippen MR) is 182 cm³/mol. The van der Waals surface area contributed by atoms with Crippen molar-refractivity contribution in [2.75, 3.05) is 6.61 Å². The summed E-state index contributed by atoms with van der Waals surface area (Å²) in [5.74, 6) is -6.94. The van der Waals surface area contributed by atoms with Crippen LogP contribution in [0.25, 0.3) is 21.5 Å². The summed E-state index contributed by atoms with van der Waals surface area (Å²) in [6, 6.07) is 7.29. The lowest BCUT2D eigenvalue weighted by molar-refractivity contribution is -0.254. The Bertz CT molecular complexity index is 2030. The first-order valence-corrected chi connectivity index (χ1v) is 16.4. The van der Waals surface area contributed by atoms with Crippen LogP contribution in [0.15, 0.2) is 30.3 Å². The second-order valence-corrected chi connectivity index (χ2v) is 12.1. The van der Waals surface area contributed by atoms with Gasteiger partial charge in [0, 0.05) is 61.0 Å². The van der Waals surface area contributed by atoms with Gasteiger partial charge in [0.1, 0.15) is 36.9 Å². The van der Waals surface area contributed by atoms with E-state index in [1.165, 1.54) is 37.3 Å². The molecule has 1 aliphatic rings. The van der Waals surface area contributed by atoms with Crippen molar-refractivity contribution in [3.63, 3.8) is 0 Å². The lowest BCUT2D eigenvalue weighted by Gasteiger charge is -2.45. The highest BCUT2D eigenvalue weighted by molar-refractivity contribution is 6.14. The van der Waals surface area contributed by atoms with Crippen LogP contribution in [0.2, 0.25) is 0 Å². The van der Waals surface area contributed by atoms with Crippen molar-refractivity contribution in [2.24, 2.45) is 0 Å². The Hall–Kier alpha value is -6.10. The maximum atomic E-state index is 12.8. The maximum Gasteiger partial charge on any atom is 0.308 e. The zero-order valence-electron chi connectivity index (χ0n) is 30.6. The molecule has 0 saturated carbocycles. The van der Waals surface area contributed by atoms with Crippen LogP contribution in [0.5, 0.6) is 17.2 Å². The Morgan fingerprint density at radius 2 is 1.09 bits per heavy atom. The van der Waals surface area contributed by atoms with E-state index >= 15 is 0 Å². The average molecular weight is 755 g/mol. The molecule has 1 fully saturated rings. The molecule has 288 valence electrons. The van der Waals surface area contributed by atoms with Gasteiger partial charge in [-0.15, -0.1) is 0 Å². The van der Waals surface area contributed by atoms with Crippen molar-refractivity contribution in [1.29, 1.82) is 0 Å². The fourth-order valence-electron chi connectivity index (χ4n) is 6.14. The van der Waals surface area contributed by atoms with Crippen molar-refractivity contribution < 1.29 is 81.0 Å². The second-order valence-electron chi connectivity index (χ2n) is 12.1. The summed E-state index contributed by atoms with van der Waals surface area (Å²) < 4.78 is 51.0. The van der Waals surface area contributed by atoms with Gasteiger partial charge in [0.05, 0.1) is 10.8 Å². The highest BCUT2D eigenvalue weighted by Gasteiger charge is 2.53. The van der Waals surface area contributed by atoms with Gasteiger partial charge in [-0.1, -0.05) is 12.1 Å². The third kappa shape index (κ3) is 9.65. The van der Waals surface area contributed by atoms with Crippen LogP contribution < -0.4 is 14.2 Å². The lowest BCUT2D eigenvalue weighted by atomic mass is 9.84. The van der Waals surface area contributed by atoms with Crippen LogP contribution in [-0.4, -0.2) is 78.8 Å². The van der Waals surface area contributed by atoms with Gasteiger partial charge in [-0.05, 0) is 34.5 Å². The van der Waals surface area contributed by atoms with Crippen molar-refractivity contribution >= 4 is 69.3 Å². The molecule has 0 aliphatic carbocycles. The molecule has 1 heterocycles. The van der Waals surface area contributed by atoms with Crippen molar-refractivity contribution in [2.45, 2.75) is 92.5 Å². The van der Waals surface area contributed by atoms with Crippen LogP contribution in [0, 0.1) is 0 Å². The Morgan fingerprint density at radius 3 is 1.65 bits per heavy atom. The molecule has 2 unspecified atom stereocenters. The number of benzene rings is 3. The third-order valence-corrected chi connectivity index (χ3v) is 7.69. The van der Waals surface area contributed by atoms with E-state index in [1.807, 2.05) is 0 Å². The monoisotopic (exact) mass is 754 g/mol. The quantitative estimate of drug-likeness (QED) is 0.118. The zero-order valence-corrected chi connectivity index (χ0v) is 30.6. The first-order chi connectivity index (χ1) is 25.4. The van der Waals surface area contributed by atoms with Crippen molar-refractivity contribution in [3.05, 3.63) is 41.5 Å². The van der Waals surface area contributed by atoms with Crippen LogP contribution in [0.3, 0.4) is 0 Å². The van der Waals surface area contributed by atoms with Gasteiger partial charge in [0.15, 0.2) is 24.1 Å². The van der Waals surface area contributed by atoms with Gasteiger partial charge in [0.25, 0.3) is 0 Å². The SMILES string of the molecule is CC(=O)OCc1cc(OC(C)=O)c2c(OC(C)=O)c3c(OC(C)=O)cccc3c([C@@H]3OC(COC(C)=O)[C@H](OC(C)=O)[C@@H](OC(C)=O)C3OC(C)=O)c2c1. The maximum absolute atomic E-state index is 12.8. The van der Waals surface area contributed by atoms with Gasteiger partial charge in [0.2, 0.25) is 0 Å². The van der Waals surface area contributed by atoms with Crippen molar-refractivity contribution in [3.8, 4) is 17.2 Å². The highest BCUT2D eigenvalue weighted by atomic mass is 16.7. The van der Waals surface area contributed by atoms with Gasteiger partial charge < -0.3 is 42.6 Å². The van der Waals surface area contributed by atoms with E-state index in [-0.39, 0.29) is 56.5 Å². The fourth-order valence-corrected chi connectivity index (χ4v) is 6.14. The van der Waals surface area contributed by atoms with Crippen LogP contribution in [-0.2, 0) is 73.4 Å². The van der Waals surface area contributed by atoms with E-state index in [4.69, 9.17) is 42.6 Å². The molecule has 17 nitrogen and oxygen atoms in total. The summed E-state index contributed by atoms with van der Waals surface area (Å²) in [5, 5.41) is 0.179. The number of rotatable bonds is 11. The number of esters is 8. The molecule has 3 aromatic rings. The van der Waals surface area contributed by atoms with E-state index in [0.29, 0.717) is 0 Å². The molecule has 1 saturated heterocycles. The summed E-state index contributed by atoms with van der Waals surface area (Å²) in [6.07, 6.45) is -7.64. The first kappa shape index (κ1) is 40.7. The van der Waals surface area contributed by atoms with Gasteiger partial charge in [-0.25, -0.2) is 0 Å². The molecule has 5 atom stereocenters. The Labute approximate surface area is 307 Å². The van der Waals surface area contributed by atoms with E-state index in [2.05, 4.69) is 0 Å². The summed E-state index contributed by atoms with van der Waals surface area (Å²) >= 11 is 0. The smallest absolute Gasteiger partial charge is 0.308 e. The number of hydrogen-bond donors (Lipinski definition) is 0. The minimum Gasteiger partial charge on any atom is -0.463 e. The molecular weight excluding hydrogens is 716 g/mol. The van der Waals surface area contributed by atoms with E-state index in [0.717, 1.165) is 48.5 Å². The molecule has 0 N–H and O–H groups in total. The average Bonchev–Trinajstić information content (AvgIpc) is 3.03. The van der Waals surface area contributed by atoms with Crippen molar-refractivity contribution in [1.82, 2.24) is 0 Å². The largest absolute Gasteiger partial charge is 0.463 e. The summed E-state index contributed by atoms with van der Waals surface area (Å²) in [4.78, 5) is 99.3. The number of ether oxygens (including phenoxy) is 9. The molecule has 3 aromatic carbocycles. The summed E-state index contributed by atoms with van der Waals surface area (Å²) in [7, 11) is 0. The Balaban J connectivity index is 2.28. The predicted octanol–water partition coefficient (Wildman–Crippen LogP) is 3.63. The summed E-state index contributed by atoms with van der Waals surface area (Å²) in [6.45, 7) is 7.99. The Kier molecular flexibility index (Phi) is 12.9. The number of hydrogen-bond acceptors (Lipinski definition) is 17. The fraction of sp³-hybridized carbons (Fsp3) is 0.405. The topological polar surface area (TPSA) is 220 Å². The molecular formula is C37H38O17. The standard InChI is InChI=1S/C37H38O17/c1-16(38)46-14-24-12-26-30(35-37(53-23(8)45)36(52-22(7)44)33(50-20(5)42)29(54-35)15-47-17(2)39)25-10-9-11-27(48-18(3)40)31(25)34(51-21(6)43)32(26)28(13-24)49-19(4)41/h9-13,29,33,35-37H,14-15H2,1-8H3/t29?,33-,35-,36+,37?/m0/s1. The summed E-state index contributed by atoms with van der Waals surface area (Å²) in [5.41, 5.74) is 0.339. The zero-order chi connectivity index (χ0) is 40.0. The third-order valence-electron chi connectivity index (χ3n) is 7.69. The number of fused-ring (bicyclic) bond motifs is 2. The molecule has 0 bridgehead atoms. The molecule has 0 amide bonds. The molecule has 54 heavy (non-hydrogen) atoms. The normalized spacial score (nSPS) is 19.2. The van der Waals surface area contributed by atoms with Crippen LogP contribution in [0.4, 0.5) is 0 Å². The molecule has 0 spiro atoms. The minimum absolute atomic E-state index is 0.0144. The molecule has 0 radical (unpaired) electrons. The van der Waals surface area contributed by atoms with Gasteiger partial charge in [-0.3, -0.25) is 38.4 Å². The lowest BCUT2D eigenvalue weighted by Crippen LogP contribution is -2.59. The second kappa shape index (κ2) is 17.2. The first-order valence-electron chi connectivity index (χ1n) is 16.4. The van der Waals surface area contributed by atoms with Crippen LogP contribution >= 0.6 is 0 Å². The van der Waals surface area contributed by atoms with Crippen LogP contribution in [0.1, 0.15) is 72.6 Å². The van der Waals surface area contributed by atoms with Gasteiger partial charge >= 0.3 is 47.8 Å². The number of carbonyl (C=O) groups is 8. The van der Waals surface area contributed by atoms with E-state index in [9.17, 15) is 38.4 Å². The Morgan fingerprint density at radius 1 is 0.556 bits per heavy atom. The van der Waals surface area contributed by atoms with Gasteiger partial charge in [-0.2, -0.15) is 0 Å². The van der Waals surface area contributed by atoms with E-state index < -0.39 is 84.9 Å².